The van der Waals surface area contributed by atoms with E-state index in [4.69, 9.17) is 4.74 Å². The van der Waals surface area contributed by atoms with Gasteiger partial charge in [-0.25, -0.2) is 0 Å². The molecule has 0 radical (unpaired) electrons. The van der Waals surface area contributed by atoms with Crippen molar-refractivity contribution in [2.24, 2.45) is 11.8 Å². The molecule has 0 saturated carbocycles. The van der Waals surface area contributed by atoms with Gasteiger partial charge in [0.15, 0.2) is 0 Å². The number of para-hydroxylation sites is 2. The summed E-state index contributed by atoms with van der Waals surface area (Å²) in [5.74, 6) is -2.92. The molecular formula is C27H20N2O6. The quantitative estimate of drug-likeness (QED) is 0.185. The number of carbonyl (C=O) groups is 3. The second-order valence-electron chi connectivity index (χ2n) is 9.04. The number of ether oxygens (including phenoxy) is 1. The Kier molecular flexibility index (Phi) is 4.77. The van der Waals surface area contributed by atoms with Crippen LogP contribution in [-0.4, -0.2) is 34.2 Å². The van der Waals surface area contributed by atoms with Crippen LogP contribution in [0.15, 0.2) is 72.8 Å². The van der Waals surface area contributed by atoms with Gasteiger partial charge in [0, 0.05) is 24.4 Å². The Morgan fingerprint density at radius 1 is 0.800 bits per heavy atom. The molecule has 174 valence electrons. The zero-order valence-electron chi connectivity index (χ0n) is 18.5. The van der Waals surface area contributed by atoms with Crippen molar-refractivity contribution in [1.29, 1.82) is 0 Å². The molecule has 35 heavy (non-hydrogen) atoms. The number of esters is 1. The van der Waals surface area contributed by atoms with Crippen LogP contribution >= 0.6 is 0 Å². The van der Waals surface area contributed by atoms with E-state index >= 15 is 0 Å². The van der Waals surface area contributed by atoms with E-state index in [1.165, 1.54) is 29.2 Å². The lowest BCUT2D eigenvalue weighted by Crippen LogP contribution is -2.41. The van der Waals surface area contributed by atoms with Gasteiger partial charge in [0.25, 0.3) is 0 Å². The van der Waals surface area contributed by atoms with E-state index in [1.807, 2.05) is 48.5 Å². The monoisotopic (exact) mass is 468 g/mol. The molecule has 3 aromatic rings. The zero-order chi connectivity index (χ0) is 24.3. The maximum absolute atomic E-state index is 13.5. The Balaban J connectivity index is 1.26. The molecule has 0 N–H and O–H groups in total. The third kappa shape index (κ3) is 3.10. The molecule has 3 aliphatic carbocycles. The number of amides is 2. The average molecular weight is 468 g/mol. The fraction of sp³-hybridized carbons (Fsp3) is 0.222. The van der Waals surface area contributed by atoms with Crippen LogP contribution in [0.4, 0.5) is 5.69 Å². The second kappa shape index (κ2) is 7.87. The Morgan fingerprint density at radius 2 is 1.26 bits per heavy atom. The van der Waals surface area contributed by atoms with Gasteiger partial charge in [-0.3, -0.25) is 29.4 Å². The normalized spacial score (nSPS) is 23.5. The Hall–Kier alpha value is -4.33. The van der Waals surface area contributed by atoms with E-state index in [0.29, 0.717) is 0 Å². The third-order valence-electron chi connectivity index (χ3n) is 7.37. The summed E-state index contributed by atoms with van der Waals surface area (Å²) >= 11 is 0. The van der Waals surface area contributed by atoms with Crippen molar-refractivity contribution in [3.8, 4) is 5.75 Å². The minimum absolute atomic E-state index is 0.129. The highest BCUT2D eigenvalue weighted by atomic mass is 16.6. The van der Waals surface area contributed by atoms with Gasteiger partial charge >= 0.3 is 11.7 Å². The van der Waals surface area contributed by atoms with Gasteiger partial charge in [-0.15, -0.1) is 0 Å². The number of nitro benzene ring substituents is 1. The molecule has 1 heterocycles. The number of carbonyl (C=O) groups excluding carboxylic acids is 3. The molecular weight excluding hydrogens is 448 g/mol. The highest BCUT2D eigenvalue weighted by molar-refractivity contribution is 6.07. The summed E-state index contributed by atoms with van der Waals surface area (Å²) in [5.41, 5.74) is 3.99. The fourth-order valence-electron chi connectivity index (χ4n) is 6.03. The first-order valence-corrected chi connectivity index (χ1v) is 11.4. The SMILES string of the molecule is O=C(CCN1C(=O)[C@@H]2C3c4ccccc4C(c4ccccc43)[C@H]2C1=O)Oc1ccccc1[N+](=O)[O-]. The lowest BCUT2D eigenvalue weighted by Gasteiger charge is -2.45. The van der Waals surface area contributed by atoms with Crippen molar-refractivity contribution in [3.05, 3.63) is 105 Å². The molecule has 0 unspecified atom stereocenters. The number of nitrogens with zero attached hydrogens (tertiary/aromatic N) is 2. The van der Waals surface area contributed by atoms with Gasteiger partial charge in [-0.05, 0) is 28.3 Å². The van der Waals surface area contributed by atoms with E-state index in [2.05, 4.69) is 0 Å². The molecule has 8 heteroatoms. The number of hydrogen-bond donors (Lipinski definition) is 0. The summed E-state index contributed by atoms with van der Waals surface area (Å²) in [4.78, 5) is 51.3. The molecule has 8 nitrogen and oxygen atoms in total. The first-order valence-electron chi connectivity index (χ1n) is 11.4. The van der Waals surface area contributed by atoms with Crippen molar-refractivity contribution >= 4 is 23.5 Å². The van der Waals surface area contributed by atoms with E-state index in [-0.39, 0.29) is 48.1 Å². The summed E-state index contributed by atoms with van der Waals surface area (Å²) in [5, 5.41) is 11.2. The summed E-state index contributed by atoms with van der Waals surface area (Å²) < 4.78 is 5.18. The van der Waals surface area contributed by atoms with Crippen LogP contribution in [0.1, 0.15) is 40.5 Å². The van der Waals surface area contributed by atoms with Crippen LogP contribution in [0.2, 0.25) is 0 Å². The number of hydrogen-bond acceptors (Lipinski definition) is 6. The molecule has 1 aliphatic heterocycles. The summed E-state index contributed by atoms with van der Waals surface area (Å²) in [6, 6.07) is 21.5. The molecule has 4 aliphatic rings. The van der Waals surface area contributed by atoms with Crippen LogP contribution in [0.3, 0.4) is 0 Å². The third-order valence-corrected chi connectivity index (χ3v) is 7.37. The minimum atomic E-state index is -0.746. The Morgan fingerprint density at radius 3 is 1.74 bits per heavy atom. The number of imide groups is 1. The molecule has 2 amide bonds. The predicted molar refractivity (Wildman–Crippen MR) is 124 cm³/mol. The van der Waals surface area contributed by atoms with Gasteiger partial charge < -0.3 is 4.74 Å². The Bertz CT molecular complexity index is 1300. The zero-order valence-corrected chi connectivity index (χ0v) is 18.5. The lowest BCUT2D eigenvalue weighted by atomic mass is 9.55. The summed E-state index contributed by atoms with van der Waals surface area (Å²) in [6.07, 6.45) is -0.252. The first-order chi connectivity index (χ1) is 17.0. The van der Waals surface area contributed by atoms with Crippen molar-refractivity contribution in [3.63, 3.8) is 0 Å². The molecule has 7 rings (SSSR count). The van der Waals surface area contributed by atoms with Gasteiger partial charge in [-0.2, -0.15) is 0 Å². The number of rotatable bonds is 5. The minimum Gasteiger partial charge on any atom is -0.419 e. The molecule has 2 atom stereocenters. The highest BCUT2D eigenvalue weighted by Gasteiger charge is 2.61. The van der Waals surface area contributed by atoms with Crippen LogP contribution in [0.25, 0.3) is 0 Å². The lowest BCUT2D eigenvalue weighted by molar-refractivity contribution is -0.385. The van der Waals surface area contributed by atoms with Crippen LogP contribution in [0.5, 0.6) is 5.75 Å². The second-order valence-corrected chi connectivity index (χ2v) is 9.04. The first kappa shape index (κ1) is 21.2. The van der Waals surface area contributed by atoms with Crippen LogP contribution in [-0.2, 0) is 14.4 Å². The molecule has 0 spiro atoms. The largest absolute Gasteiger partial charge is 0.419 e. The maximum Gasteiger partial charge on any atom is 0.313 e. The summed E-state index contributed by atoms with van der Waals surface area (Å²) in [6.45, 7) is -0.129. The van der Waals surface area contributed by atoms with Gasteiger partial charge in [-0.1, -0.05) is 60.7 Å². The van der Waals surface area contributed by atoms with E-state index in [9.17, 15) is 24.5 Å². The van der Waals surface area contributed by atoms with Crippen LogP contribution < -0.4 is 4.74 Å². The number of benzene rings is 3. The fourth-order valence-corrected chi connectivity index (χ4v) is 6.03. The van der Waals surface area contributed by atoms with Crippen molar-refractivity contribution in [2.45, 2.75) is 18.3 Å². The van der Waals surface area contributed by atoms with Crippen molar-refractivity contribution in [2.75, 3.05) is 6.54 Å². The molecule has 1 fully saturated rings. The molecule has 0 aromatic heterocycles. The van der Waals surface area contributed by atoms with Gasteiger partial charge in [0.05, 0.1) is 23.2 Å². The van der Waals surface area contributed by atoms with Gasteiger partial charge in [0.2, 0.25) is 17.6 Å². The number of likely N-dealkylation sites (tertiary alicyclic amines) is 1. The highest BCUT2D eigenvalue weighted by Crippen LogP contribution is 2.60. The molecule has 2 bridgehead atoms. The topological polar surface area (TPSA) is 107 Å². The summed E-state index contributed by atoms with van der Waals surface area (Å²) in [7, 11) is 0. The Labute approximate surface area is 200 Å². The molecule has 3 aromatic carbocycles. The van der Waals surface area contributed by atoms with Crippen LogP contribution in [0, 0.1) is 22.0 Å². The standard InChI is InChI=1S/C27H20N2O6/c30-21(35-20-12-6-5-11-19(20)29(33)34)13-14-28-26(31)24-22-15-7-1-2-8-16(15)23(25(24)27(28)32)18-10-4-3-9-17(18)22/h1-12,22-25H,13-14H2/t22?,23?,24-,25-/m1/s1. The van der Waals surface area contributed by atoms with Crippen molar-refractivity contribution in [1.82, 2.24) is 4.90 Å². The van der Waals surface area contributed by atoms with E-state index in [0.717, 1.165) is 22.3 Å². The maximum atomic E-state index is 13.5. The molecule has 1 saturated heterocycles. The van der Waals surface area contributed by atoms with Crippen molar-refractivity contribution < 1.29 is 24.0 Å². The van der Waals surface area contributed by atoms with Gasteiger partial charge in [0.1, 0.15) is 0 Å². The van der Waals surface area contributed by atoms with E-state index < -0.39 is 22.7 Å². The average Bonchev–Trinajstić information content (AvgIpc) is 3.13. The number of nitro groups is 1. The van der Waals surface area contributed by atoms with E-state index in [1.54, 1.807) is 0 Å². The smallest absolute Gasteiger partial charge is 0.313 e. The predicted octanol–water partition coefficient (Wildman–Crippen LogP) is 3.78.